The second-order valence-corrected chi connectivity index (χ2v) is 9.19. The average Bonchev–Trinajstić information content (AvgIpc) is 2.89. The van der Waals surface area contributed by atoms with E-state index in [4.69, 9.17) is 0 Å². The van der Waals surface area contributed by atoms with Gasteiger partial charge in [-0.1, -0.05) is 33.8 Å². The van der Waals surface area contributed by atoms with E-state index in [1.54, 1.807) is 6.08 Å². The maximum absolute atomic E-state index is 12.9. The molecule has 0 spiro atoms. The van der Waals surface area contributed by atoms with E-state index in [1.807, 2.05) is 27.7 Å². The van der Waals surface area contributed by atoms with Gasteiger partial charge in [-0.25, -0.2) is 0 Å². The Bertz CT molecular complexity index is 560. The highest BCUT2D eigenvalue weighted by Crippen LogP contribution is 2.67. The molecule has 0 aromatic carbocycles. The molecule has 2 bridgehead atoms. The first-order chi connectivity index (χ1) is 11.1. The van der Waals surface area contributed by atoms with E-state index in [0.717, 1.165) is 0 Å². The van der Waals surface area contributed by atoms with Crippen LogP contribution in [0.1, 0.15) is 53.4 Å². The highest BCUT2D eigenvalue weighted by molar-refractivity contribution is 5.85. The third kappa shape index (κ3) is 1.94. The molecule has 3 aliphatic carbocycles. The molecule has 9 atom stereocenters. The van der Waals surface area contributed by atoms with Crippen molar-refractivity contribution in [2.45, 2.75) is 71.7 Å². The van der Waals surface area contributed by atoms with Crippen LogP contribution in [0.4, 0.5) is 0 Å². The van der Waals surface area contributed by atoms with Crippen LogP contribution >= 0.6 is 0 Å². The van der Waals surface area contributed by atoms with Crippen molar-refractivity contribution in [2.24, 2.45) is 34.0 Å². The average molecular weight is 336 g/mol. The van der Waals surface area contributed by atoms with E-state index in [0.29, 0.717) is 25.7 Å². The first kappa shape index (κ1) is 18.1. The summed E-state index contributed by atoms with van der Waals surface area (Å²) in [5.41, 5.74) is -1.87. The van der Waals surface area contributed by atoms with Crippen molar-refractivity contribution in [1.82, 2.24) is 0 Å². The SMILES string of the molecule is C=C[C@]1(C)C[C@@H](O)[C@]2(C)C(C)C[C@@H](O)C3(CCC(=O)C32)[C@@H](C)[C@@H]1O. The number of hydrogen-bond donors (Lipinski definition) is 3. The summed E-state index contributed by atoms with van der Waals surface area (Å²) < 4.78 is 0. The van der Waals surface area contributed by atoms with Gasteiger partial charge in [-0.05, 0) is 31.1 Å². The summed E-state index contributed by atoms with van der Waals surface area (Å²) in [5.74, 6) is -0.438. The Balaban J connectivity index is 2.25. The van der Waals surface area contributed by atoms with Crippen LogP contribution in [-0.2, 0) is 4.79 Å². The lowest BCUT2D eigenvalue weighted by Crippen LogP contribution is -2.66. The van der Waals surface area contributed by atoms with Gasteiger partial charge in [-0.3, -0.25) is 4.79 Å². The van der Waals surface area contributed by atoms with Crippen molar-refractivity contribution in [2.75, 3.05) is 0 Å². The molecule has 4 heteroatoms. The van der Waals surface area contributed by atoms with Crippen LogP contribution in [0.15, 0.2) is 12.7 Å². The zero-order valence-corrected chi connectivity index (χ0v) is 15.3. The van der Waals surface area contributed by atoms with Crippen LogP contribution in [0.5, 0.6) is 0 Å². The molecule has 0 aliphatic heterocycles. The summed E-state index contributed by atoms with van der Waals surface area (Å²) >= 11 is 0. The fourth-order valence-electron chi connectivity index (χ4n) is 6.45. The van der Waals surface area contributed by atoms with Gasteiger partial charge in [0.2, 0.25) is 0 Å². The van der Waals surface area contributed by atoms with Gasteiger partial charge in [0, 0.05) is 28.6 Å². The first-order valence-electron chi connectivity index (χ1n) is 9.26. The molecule has 0 aromatic rings. The van der Waals surface area contributed by atoms with Crippen molar-refractivity contribution in [3.05, 3.63) is 12.7 Å². The highest BCUT2D eigenvalue weighted by Gasteiger charge is 2.70. The van der Waals surface area contributed by atoms with Crippen LogP contribution in [-0.4, -0.2) is 39.4 Å². The Morgan fingerprint density at radius 2 is 1.79 bits per heavy atom. The number of Topliss-reactive ketones (excluding diaryl/α,β-unsaturated/α-hetero) is 1. The van der Waals surface area contributed by atoms with Crippen molar-refractivity contribution < 1.29 is 20.1 Å². The fraction of sp³-hybridized carbons (Fsp3) is 0.850. The third-order valence-electron chi connectivity index (χ3n) is 8.36. The van der Waals surface area contributed by atoms with Crippen LogP contribution in [0.2, 0.25) is 0 Å². The summed E-state index contributed by atoms with van der Waals surface area (Å²) in [6.45, 7) is 11.8. The number of carbonyl (C=O) groups is 1. The molecule has 3 saturated carbocycles. The standard InChI is InChI=1S/C20H32O4/c1-6-18(4)10-15(23)19(5)11(2)9-14(22)20(12(3)17(18)24)8-7-13(21)16(19)20/h6,11-12,14-17,22-24H,1,7-10H2,2-5H3/t11?,12-,14+,15+,16?,17-,18+,19-,20?/m0/s1. The Hall–Kier alpha value is -0.710. The predicted octanol–water partition coefficient (Wildman–Crippen LogP) is 2.31. The van der Waals surface area contributed by atoms with Gasteiger partial charge in [0.15, 0.2) is 0 Å². The predicted molar refractivity (Wildman–Crippen MR) is 92.2 cm³/mol. The Kier molecular flexibility index (Phi) is 4.06. The minimum atomic E-state index is -0.745. The summed E-state index contributed by atoms with van der Waals surface area (Å²) in [7, 11) is 0. The summed E-state index contributed by atoms with van der Waals surface area (Å²) in [4.78, 5) is 12.9. The fourth-order valence-corrected chi connectivity index (χ4v) is 6.45. The van der Waals surface area contributed by atoms with Crippen molar-refractivity contribution in [1.29, 1.82) is 0 Å². The van der Waals surface area contributed by atoms with Crippen molar-refractivity contribution in [3.8, 4) is 0 Å². The minimum Gasteiger partial charge on any atom is -0.393 e. The maximum atomic E-state index is 12.9. The van der Waals surface area contributed by atoms with E-state index < -0.39 is 40.5 Å². The molecule has 0 radical (unpaired) electrons. The molecule has 3 rings (SSSR count). The summed E-state index contributed by atoms with van der Waals surface area (Å²) in [6.07, 6.45) is 1.64. The van der Waals surface area contributed by atoms with Crippen molar-refractivity contribution >= 4 is 5.78 Å². The number of rotatable bonds is 1. The van der Waals surface area contributed by atoms with Crippen LogP contribution in [0, 0.1) is 34.0 Å². The molecule has 3 unspecified atom stereocenters. The normalized spacial score (nSPS) is 57.9. The van der Waals surface area contributed by atoms with Gasteiger partial charge >= 0.3 is 0 Å². The van der Waals surface area contributed by atoms with E-state index >= 15 is 0 Å². The van der Waals surface area contributed by atoms with Gasteiger partial charge in [0.25, 0.3) is 0 Å². The number of aliphatic hydroxyl groups excluding tert-OH is 3. The topological polar surface area (TPSA) is 77.8 Å². The number of hydrogen-bond acceptors (Lipinski definition) is 4. The zero-order valence-electron chi connectivity index (χ0n) is 15.3. The Labute approximate surface area is 145 Å². The van der Waals surface area contributed by atoms with E-state index in [-0.39, 0.29) is 17.6 Å². The van der Waals surface area contributed by atoms with E-state index in [1.165, 1.54) is 0 Å². The number of ketones is 1. The van der Waals surface area contributed by atoms with Crippen LogP contribution < -0.4 is 0 Å². The molecule has 0 aromatic heterocycles. The van der Waals surface area contributed by atoms with Crippen LogP contribution in [0.3, 0.4) is 0 Å². The first-order valence-corrected chi connectivity index (χ1v) is 9.26. The highest BCUT2D eigenvalue weighted by atomic mass is 16.3. The number of aliphatic hydroxyl groups is 3. The maximum Gasteiger partial charge on any atom is 0.137 e. The van der Waals surface area contributed by atoms with Crippen molar-refractivity contribution in [3.63, 3.8) is 0 Å². The molecule has 24 heavy (non-hydrogen) atoms. The molecule has 0 amide bonds. The molecular weight excluding hydrogens is 304 g/mol. The zero-order chi connectivity index (χ0) is 18.1. The van der Waals surface area contributed by atoms with E-state index in [9.17, 15) is 20.1 Å². The second-order valence-electron chi connectivity index (χ2n) is 9.19. The second kappa shape index (κ2) is 5.39. The monoisotopic (exact) mass is 336 g/mol. The lowest BCUT2D eigenvalue weighted by Gasteiger charge is -2.63. The molecule has 3 aliphatic rings. The summed E-state index contributed by atoms with van der Waals surface area (Å²) in [5, 5.41) is 33.4. The minimum absolute atomic E-state index is 0.0409. The summed E-state index contributed by atoms with van der Waals surface area (Å²) in [6, 6.07) is 0. The van der Waals surface area contributed by atoms with Gasteiger partial charge in [0.05, 0.1) is 18.3 Å². The number of carbonyl (C=O) groups excluding carboxylic acids is 1. The molecule has 3 fully saturated rings. The third-order valence-corrected chi connectivity index (χ3v) is 8.36. The van der Waals surface area contributed by atoms with Gasteiger partial charge in [-0.2, -0.15) is 0 Å². The van der Waals surface area contributed by atoms with Gasteiger partial charge in [0.1, 0.15) is 5.78 Å². The quantitative estimate of drug-likeness (QED) is 0.642. The molecule has 0 saturated heterocycles. The largest absolute Gasteiger partial charge is 0.393 e. The van der Waals surface area contributed by atoms with Gasteiger partial charge in [-0.15, -0.1) is 6.58 Å². The lowest BCUT2D eigenvalue weighted by molar-refractivity contribution is -0.225. The smallest absolute Gasteiger partial charge is 0.137 e. The lowest BCUT2D eigenvalue weighted by atomic mass is 9.43. The molecule has 0 heterocycles. The molecule has 3 N–H and O–H groups in total. The molecular formula is C20H32O4. The van der Waals surface area contributed by atoms with Crippen LogP contribution in [0.25, 0.3) is 0 Å². The molecule has 4 nitrogen and oxygen atoms in total. The molecule has 136 valence electrons. The van der Waals surface area contributed by atoms with Gasteiger partial charge < -0.3 is 15.3 Å². The Morgan fingerprint density at radius 1 is 1.17 bits per heavy atom. The Morgan fingerprint density at radius 3 is 2.38 bits per heavy atom. The van der Waals surface area contributed by atoms with E-state index in [2.05, 4.69) is 6.58 Å².